The first kappa shape index (κ1) is 24.8. The van der Waals surface area contributed by atoms with E-state index in [9.17, 15) is 19.2 Å². The minimum Gasteiger partial charge on any atom is -0.466 e. The average molecular weight is 504 g/mol. The van der Waals surface area contributed by atoms with Gasteiger partial charge in [-0.3, -0.25) is 19.2 Å². The summed E-state index contributed by atoms with van der Waals surface area (Å²) in [6.07, 6.45) is -0.803. The fourth-order valence-corrected chi connectivity index (χ4v) is 2.38. The van der Waals surface area contributed by atoms with Crippen LogP contribution in [-0.2, 0) is 38.1 Å². The topological polar surface area (TPSA) is 105 Å². The predicted molar refractivity (Wildman–Crippen MR) is 99.0 cm³/mol. The van der Waals surface area contributed by atoms with E-state index >= 15 is 0 Å². The summed E-state index contributed by atoms with van der Waals surface area (Å²) in [5.74, 6) is -5.29. The lowest BCUT2D eigenvalue weighted by Gasteiger charge is -2.23. The standard InChI is InChI=1S/C16H24Br2O8/c1-3-23-15(21)11(9-13(19)25-7-5-17)12(16(22)24-4-2)10-14(20)26-8-6-18/h11-12H,3-10H2,1-2H3. The van der Waals surface area contributed by atoms with Gasteiger partial charge in [0.05, 0.1) is 37.9 Å². The second-order valence-corrected chi connectivity index (χ2v) is 6.53. The van der Waals surface area contributed by atoms with Gasteiger partial charge in [0.2, 0.25) is 0 Å². The van der Waals surface area contributed by atoms with E-state index in [-0.39, 0.29) is 26.4 Å². The Bertz CT molecular complexity index is 427. The molecule has 0 fully saturated rings. The van der Waals surface area contributed by atoms with Gasteiger partial charge in [-0.2, -0.15) is 0 Å². The molecule has 0 saturated heterocycles. The lowest BCUT2D eigenvalue weighted by atomic mass is 9.86. The SMILES string of the molecule is CCOC(=O)C(CC(=O)OCCBr)C(CC(=O)OCCBr)C(=O)OCC. The summed E-state index contributed by atoms with van der Waals surface area (Å²) in [4.78, 5) is 48.5. The van der Waals surface area contributed by atoms with Gasteiger partial charge in [0, 0.05) is 10.7 Å². The second-order valence-electron chi connectivity index (χ2n) is 4.94. The number of hydrogen-bond acceptors (Lipinski definition) is 8. The van der Waals surface area contributed by atoms with Crippen LogP contribution in [0.25, 0.3) is 0 Å². The Morgan fingerprint density at radius 1 is 0.692 bits per heavy atom. The molecular weight excluding hydrogens is 480 g/mol. The number of carbonyl (C=O) groups excluding carboxylic acids is 4. The number of rotatable bonds is 13. The molecule has 0 spiro atoms. The summed E-state index contributed by atoms with van der Waals surface area (Å²) < 4.78 is 19.8. The minimum absolute atomic E-state index is 0.0648. The number of ether oxygens (including phenoxy) is 4. The third kappa shape index (κ3) is 10.1. The zero-order valence-corrected chi connectivity index (χ0v) is 18.0. The van der Waals surface area contributed by atoms with E-state index in [1.807, 2.05) is 0 Å². The second kappa shape index (κ2) is 15.0. The molecule has 0 radical (unpaired) electrons. The van der Waals surface area contributed by atoms with E-state index in [0.717, 1.165) is 0 Å². The molecule has 0 aliphatic carbocycles. The Morgan fingerprint density at radius 2 is 1.04 bits per heavy atom. The van der Waals surface area contributed by atoms with Gasteiger partial charge in [-0.1, -0.05) is 31.9 Å². The molecular formula is C16H24Br2O8. The largest absolute Gasteiger partial charge is 0.466 e. The van der Waals surface area contributed by atoms with Crippen LogP contribution in [0, 0.1) is 11.8 Å². The summed E-state index contributed by atoms with van der Waals surface area (Å²) >= 11 is 6.24. The highest BCUT2D eigenvalue weighted by Crippen LogP contribution is 2.24. The van der Waals surface area contributed by atoms with Crippen molar-refractivity contribution in [3.8, 4) is 0 Å². The molecule has 0 aromatic heterocycles. The molecule has 2 unspecified atom stereocenters. The Hall–Kier alpha value is -1.16. The monoisotopic (exact) mass is 502 g/mol. The molecule has 0 rings (SSSR count). The van der Waals surface area contributed by atoms with Crippen LogP contribution in [0.3, 0.4) is 0 Å². The van der Waals surface area contributed by atoms with Crippen LogP contribution >= 0.6 is 31.9 Å². The summed E-state index contributed by atoms with van der Waals surface area (Å²) in [5.41, 5.74) is 0. The van der Waals surface area contributed by atoms with Gasteiger partial charge in [0.1, 0.15) is 13.2 Å². The summed E-state index contributed by atoms with van der Waals surface area (Å²) in [7, 11) is 0. The molecule has 0 aromatic rings. The first-order chi connectivity index (χ1) is 12.4. The maximum atomic E-state index is 12.3. The van der Waals surface area contributed by atoms with E-state index in [1.54, 1.807) is 13.8 Å². The first-order valence-corrected chi connectivity index (χ1v) is 10.4. The van der Waals surface area contributed by atoms with Crippen LogP contribution in [0.2, 0.25) is 0 Å². The van der Waals surface area contributed by atoms with Gasteiger partial charge in [-0.15, -0.1) is 0 Å². The molecule has 0 aliphatic rings. The molecule has 0 heterocycles. The van der Waals surface area contributed by atoms with Crippen molar-refractivity contribution in [2.75, 3.05) is 37.1 Å². The average Bonchev–Trinajstić information content (AvgIpc) is 2.61. The lowest BCUT2D eigenvalue weighted by Crippen LogP contribution is -2.36. The third-order valence-corrected chi connectivity index (χ3v) is 3.77. The number of esters is 4. The van der Waals surface area contributed by atoms with Gasteiger partial charge in [0.15, 0.2) is 0 Å². The van der Waals surface area contributed by atoms with Crippen LogP contribution < -0.4 is 0 Å². The first-order valence-electron chi connectivity index (χ1n) is 8.17. The molecule has 26 heavy (non-hydrogen) atoms. The maximum absolute atomic E-state index is 12.3. The molecule has 2 atom stereocenters. The van der Waals surface area contributed by atoms with Crippen molar-refractivity contribution in [1.29, 1.82) is 0 Å². The lowest BCUT2D eigenvalue weighted by molar-refractivity contribution is -0.166. The van der Waals surface area contributed by atoms with Crippen LogP contribution in [0.5, 0.6) is 0 Å². The van der Waals surface area contributed by atoms with Crippen molar-refractivity contribution in [1.82, 2.24) is 0 Å². The third-order valence-electron chi connectivity index (χ3n) is 3.12. The highest BCUT2D eigenvalue weighted by atomic mass is 79.9. The van der Waals surface area contributed by atoms with Crippen molar-refractivity contribution in [2.45, 2.75) is 26.7 Å². The van der Waals surface area contributed by atoms with Crippen molar-refractivity contribution in [2.24, 2.45) is 11.8 Å². The maximum Gasteiger partial charge on any atom is 0.310 e. The minimum atomic E-state index is -1.20. The molecule has 0 N–H and O–H groups in total. The molecule has 8 nitrogen and oxygen atoms in total. The van der Waals surface area contributed by atoms with E-state index in [2.05, 4.69) is 31.9 Å². The smallest absolute Gasteiger partial charge is 0.310 e. The van der Waals surface area contributed by atoms with E-state index in [0.29, 0.717) is 10.7 Å². The van der Waals surface area contributed by atoms with Crippen LogP contribution in [-0.4, -0.2) is 61.0 Å². The molecule has 0 amide bonds. The number of carbonyl (C=O) groups is 4. The Morgan fingerprint density at radius 3 is 1.31 bits per heavy atom. The molecule has 10 heteroatoms. The van der Waals surface area contributed by atoms with Crippen LogP contribution in [0.4, 0.5) is 0 Å². The predicted octanol–water partition coefficient (Wildman–Crippen LogP) is 2.00. The van der Waals surface area contributed by atoms with E-state index in [1.165, 1.54) is 0 Å². The van der Waals surface area contributed by atoms with Crippen molar-refractivity contribution in [3.05, 3.63) is 0 Å². The molecule has 150 valence electrons. The van der Waals surface area contributed by atoms with Crippen molar-refractivity contribution < 1.29 is 38.1 Å². The number of halogens is 2. The summed E-state index contributed by atoms with van der Waals surface area (Å²) in [5, 5.41) is 0.867. The number of alkyl halides is 2. The summed E-state index contributed by atoms with van der Waals surface area (Å²) in [6, 6.07) is 0. The normalized spacial score (nSPS) is 12.6. The quantitative estimate of drug-likeness (QED) is 0.213. The highest BCUT2D eigenvalue weighted by molar-refractivity contribution is 9.09. The number of hydrogen-bond donors (Lipinski definition) is 0. The fourth-order valence-electron chi connectivity index (χ4n) is 2.06. The van der Waals surface area contributed by atoms with Crippen LogP contribution in [0.1, 0.15) is 26.7 Å². The van der Waals surface area contributed by atoms with E-state index in [4.69, 9.17) is 18.9 Å². The Labute approximate surface area is 169 Å². The zero-order valence-electron chi connectivity index (χ0n) is 14.8. The molecule has 0 saturated carbocycles. The van der Waals surface area contributed by atoms with Crippen LogP contribution in [0.15, 0.2) is 0 Å². The van der Waals surface area contributed by atoms with Crippen molar-refractivity contribution >= 4 is 55.7 Å². The fraction of sp³-hybridized carbons (Fsp3) is 0.750. The molecule has 0 aromatic carbocycles. The molecule has 0 aliphatic heterocycles. The van der Waals surface area contributed by atoms with Gasteiger partial charge < -0.3 is 18.9 Å². The summed E-state index contributed by atoms with van der Waals surface area (Å²) in [6.45, 7) is 3.56. The van der Waals surface area contributed by atoms with Crippen molar-refractivity contribution in [3.63, 3.8) is 0 Å². The van der Waals surface area contributed by atoms with E-state index < -0.39 is 48.6 Å². The van der Waals surface area contributed by atoms with Gasteiger partial charge >= 0.3 is 23.9 Å². The van der Waals surface area contributed by atoms with Gasteiger partial charge in [-0.05, 0) is 13.8 Å². The zero-order chi connectivity index (χ0) is 19.9. The Balaban J connectivity index is 5.38. The Kier molecular flexibility index (Phi) is 14.3. The van der Waals surface area contributed by atoms with Gasteiger partial charge in [0.25, 0.3) is 0 Å². The molecule has 0 bridgehead atoms. The van der Waals surface area contributed by atoms with Gasteiger partial charge in [-0.25, -0.2) is 0 Å². The highest BCUT2D eigenvalue weighted by Gasteiger charge is 2.39.